The number of hydrogen-bond acceptors (Lipinski definition) is 5. The number of aliphatic hydroxyl groups is 1. The zero-order valence-corrected chi connectivity index (χ0v) is 14.0. The maximum absolute atomic E-state index is 10.1. The summed E-state index contributed by atoms with van der Waals surface area (Å²) in [6, 6.07) is 7.95. The average molecular weight is 309 g/mol. The van der Waals surface area contributed by atoms with Gasteiger partial charge in [-0.2, -0.15) is 0 Å². The van der Waals surface area contributed by atoms with Gasteiger partial charge >= 0.3 is 7.05 Å². The Balaban J connectivity index is 2.41. The summed E-state index contributed by atoms with van der Waals surface area (Å²) in [6.07, 6.45) is 0.224. The standard InChI is InChI=1S/C16H28BNO4/c1-13(2)18(17(3)20)11-15(19)12-22-16-7-5-14(6-8-16)9-10-21-4/h5-8,13,15,19-20H,9-12H2,1-4H3. The van der Waals surface area contributed by atoms with E-state index >= 15 is 0 Å². The normalized spacial score (nSPS) is 12.7. The minimum absolute atomic E-state index is 0.162. The topological polar surface area (TPSA) is 62.2 Å². The van der Waals surface area contributed by atoms with Crippen LogP contribution in [-0.2, 0) is 11.2 Å². The molecule has 0 amide bonds. The lowest BCUT2D eigenvalue weighted by Gasteiger charge is -2.29. The van der Waals surface area contributed by atoms with Crippen molar-refractivity contribution in [1.29, 1.82) is 0 Å². The molecule has 124 valence electrons. The third kappa shape index (κ3) is 6.79. The summed E-state index contributed by atoms with van der Waals surface area (Å²) in [6.45, 7) is 6.95. The lowest BCUT2D eigenvalue weighted by atomic mass is 9.83. The predicted octanol–water partition coefficient (Wildman–Crippen LogP) is 1.44. The molecule has 1 aromatic rings. The smallest absolute Gasteiger partial charge is 0.376 e. The van der Waals surface area contributed by atoms with Crippen molar-refractivity contribution in [3.63, 3.8) is 0 Å². The van der Waals surface area contributed by atoms with Gasteiger partial charge in [0.25, 0.3) is 0 Å². The largest absolute Gasteiger partial charge is 0.491 e. The SMILES string of the molecule is COCCc1ccc(OCC(O)CN(B(C)O)C(C)C)cc1. The molecule has 0 saturated heterocycles. The number of nitrogens with zero attached hydrogens (tertiary/aromatic N) is 1. The molecule has 0 spiro atoms. The van der Waals surface area contributed by atoms with Crippen molar-refractivity contribution in [2.45, 2.75) is 39.2 Å². The van der Waals surface area contributed by atoms with Crippen LogP contribution in [0.2, 0.25) is 6.82 Å². The van der Waals surface area contributed by atoms with Crippen LogP contribution in [0.25, 0.3) is 0 Å². The maximum Gasteiger partial charge on any atom is 0.376 e. The molecule has 0 aliphatic rings. The highest BCUT2D eigenvalue weighted by Gasteiger charge is 2.22. The van der Waals surface area contributed by atoms with Crippen molar-refractivity contribution in [3.8, 4) is 5.75 Å². The molecular formula is C16H28BNO4. The van der Waals surface area contributed by atoms with Crippen LogP contribution in [-0.4, -0.2) is 61.0 Å². The van der Waals surface area contributed by atoms with E-state index in [1.807, 2.05) is 42.9 Å². The Morgan fingerprint density at radius 3 is 2.36 bits per heavy atom. The van der Waals surface area contributed by atoms with Crippen molar-refractivity contribution in [2.24, 2.45) is 0 Å². The minimum Gasteiger partial charge on any atom is -0.491 e. The van der Waals surface area contributed by atoms with E-state index in [1.54, 1.807) is 13.9 Å². The first-order valence-electron chi connectivity index (χ1n) is 7.76. The third-order valence-electron chi connectivity index (χ3n) is 3.53. The van der Waals surface area contributed by atoms with Crippen molar-refractivity contribution < 1.29 is 19.6 Å². The lowest BCUT2D eigenvalue weighted by Crippen LogP contribution is -2.47. The molecule has 0 fully saturated rings. The van der Waals surface area contributed by atoms with Crippen LogP contribution in [0, 0.1) is 0 Å². The zero-order valence-electron chi connectivity index (χ0n) is 14.0. The Labute approximate surface area is 134 Å². The van der Waals surface area contributed by atoms with Gasteiger partial charge < -0.3 is 24.4 Å². The van der Waals surface area contributed by atoms with Gasteiger partial charge in [-0.15, -0.1) is 0 Å². The van der Waals surface area contributed by atoms with E-state index in [4.69, 9.17) is 9.47 Å². The highest BCUT2D eigenvalue weighted by Crippen LogP contribution is 2.13. The Hall–Kier alpha value is -1.08. The van der Waals surface area contributed by atoms with Gasteiger partial charge in [-0.3, -0.25) is 0 Å². The molecular weight excluding hydrogens is 281 g/mol. The number of hydrogen-bond donors (Lipinski definition) is 2. The van der Waals surface area contributed by atoms with E-state index in [-0.39, 0.29) is 12.6 Å². The highest BCUT2D eigenvalue weighted by atomic mass is 16.5. The molecule has 0 saturated carbocycles. The van der Waals surface area contributed by atoms with Crippen molar-refractivity contribution in [3.05, 3.63) is 29.8 Å². The molecule has 0 aliphatic heterocycles. The van der Waals surface area contributed by atoms with Crippen LogP contribution in [0.3, 0.4) is 0 Å². The van der Waals surface area contributed by atoms with E-state index in [0.717, 1.165) is 12.2 Å². The van der Waals surface area contributed by atoms with Gasteiger partial charge in [0.1, 0.15) is 12.4 Å². The summed E-state index contributed by atoms with van der Waals surface area (Å²) >= 11 is 0. The van der Waals surface area contributed by atoms with Crippen molar-refractivity contribution in [2.75, 3.05) is 26.9 Å². The summed E-state index contributed by atoms with van der Waals surface area (Å²) in [5.74, 6) is 0.730. The van der Waals surface area contributed by atoms with Crippen LogP contribution < -0.4 is 4.74 Å². The second-order valence-electron chi connectivity index (χ2n) is 5.77. The molecule has 6 heteroatoms. The number of methoxy groups -OCH3 is 1. The van der Waals surface area contributed by atoms with E-state index < -0.39 is 13.2 Å². The Morgan fingerprint density at radius 1 is 1.23 bits per heavy atom. The molecule has 1 rings (SSSR count). The number of benzene rings is 1. The molecule has 0 radical (unpaired) electrons. The van der Waals surface area contributed by atoms with Gasteiger partial charge in [0.05, 0.1) is 12.7 Å². The predicted molar refractivity (Wildman–Crippen MR) is 89.2 cm³/mol. The summed E-state index contributed by atoms with van der Waals surface area (Å²) < 4.78 is 10.6. The fourth-order valence-electron chi connectivity index (χ4n) is 2.26. The van der Waals surface area contributed by atoms with Crippen LogP contribution in [0.1, 0.15) is 19.4 Å². The van der Waals surface area contributed by atoms with Gasteiger partial charge in [0, 0.05) is 13.7 Å². The van der Waals surface area contributed by atoms with E-state index in [0.29, 0.717) is 13.2 Å². The average Bonchev–Trinajstić information content (AvgIpc) is 2.49. The molecule has 0 aromatic heterocycles. The van der Waals surface area contributed by atoms with Gasteiger partial charge in [0.15, 0.2) is 0 Å². The van der Waals surface area contributed by atoms with E-state index in [2.05, 4.69) is 0 Å². The first-order chi connectivity index (χ1) is 10.4. The minimum atomic E-state index is -0.648. The van der Waals surface area contributed by atoms with Crippen LogP contribution in [0.15, 0.2) is 24.3 Å². The second kappa shape index (κ2) is 9.84. The van der Waals surface area contributed by atoms with Gasteiger partial charge in [-0.05, 0) is 37.0 Å². The summed E-state index contributed by atoms with van der Waals surface area (Å²) in [4.78, 5) is 1.82. The van der Waals surface area contributed by atoms with Gasteiger partial charge in [-0.1, -0.05) is 26.0 Å². The Kier molecular flexibility index (Phi) is 8.49. The first-order valence-corrected chi connectivity index (χ1v) is 7.76. The second-order valence-corrected chi connectivity index (χ2v) is 5.77. The number of rotatable bonds is 10. The van der Waals surface area contributed by atoms with Crippen LogP contribution in [0.4, 0.5) is 0 Å². The van der Waals surface area contributed by atoms with E-state index in [1.165, 1.54) is 5.56 Å². The van der Waals surface area contributed by atoms with Crippen molar-refractivity contribution >= 4 is 7.05 Å². The lowest BCUT2D eigenvalue weighted by molar-refractivity contribution is 0.0791. The first kappa shape index (κ1) is 19.0. The summed E-state index contributed by atoms with van der Waals surface area (Å²) in [5.41, 5.74) is 1.19. The monoisotopic (exact) mass is 309 g/mol. The summed E-state index contributed by atoms with van der Waals surface area (Å²) in [7, 11) is 1.10. The Bertz CT molecular complexity index is 403. The molecule has 0 heterocycles. The van der Waals surface area contributed by atoms with Crippen molar-refractivity contribution in [1.82, 2.24) is 4.81 Å². The van der Waals surface area contributed by atoms with E-state index in [9.17, 15) is 10.1 Å². The highest BCUT2D eigenvalue weighted by molar-refractivity contribution is 6.45. The number of aliphatic hydroxyl groups excluding tert-OH is 1. The molecule has 5 nitrogen and oxygen atoms in total. The molecule has 1 aromatic carbocycles. The van der Waals surface area contributed by atoms with Crippen LogP contribution >= 0.6 is 0 Å². The van der Waals surface area contributed by atoms with Gasteiger partial charge in [0.2, 0.25) is 0 Å². The Morgan fingerprint density at radius 2 is 1.86 bits per heavy atom. The molecule has 0 aliphatic carbocycles. The molecule has 1 unspecified atom stereocenters. The maximum atomic E-state index is 10.1. The van der Waals surface area contributed by atoms with Gasteiger partial charge in [-0.25, -0.2) is 0 Å². The number of ether oxygens (including phenoxy) is 2. The quantitative estimate of drug-likeness (QED) is 0.640. The molecule has 1 atom stereocenters. The fraction of sp³-hybridized carbons (Fsp3) is 0.625. The molecule has 0 bridgehead atoms. The third-order valence-corrected chi connectivity index (χ3v) is 3.53. The van der Waals surface area contributed by atoms with Crippen LogP contribution in [0.5, 0.6) is 5.75 Å². The molecule has 22 heavy (non-hydrogen) atoms. The molecule has 2 N–H and O–H groups in total. The zero-order chi connectivity index (χ0) is 16.5. The fourth-order valence-corrected chi connectivity index (χ4v) is 2.26. The summed E-state index contributed by atoms with van der Waals surface area (Å²) in [5, 5.41) is 19.7.